The summed E-state index contributed by atoms with van der Waals surface area (Å²) in [5, 5.41) is 2.10. The van der Waals surface area contributed by atoms with Gasteiger partial charge in [0.25, 0.3) is 0 Å². The summed E-state index contributed by atoms with van der Waals surface area (Å²) in [5.74, 6) is 1.83. The van der Waals surface area contributed by atoms with Gasteiger partial charge in [0.1, 0.15) is 11.2 Å². The second kappa shape index (κ2) is 12.2. The second-order valence-electron chi connectivity index (χ2n) is 12.1. The Morgan fingerprint density at radius 2 is 0.796 bits per heavy atom. The molecule has 9 aromatic rings. The number of benzene rings is 7. The van der Waals surface area contributed by atoms with Crippen molar-refractivity contribution < 1.29 is 4.42 Å². The number of furan rings is 1. The molecule has 0 saturated carbocycles. The minimum absolute atomic E-state index is 0.601. The lowest BCUT2D eigenvalue weighted by atomic mass is 9.96. The molecule has 4 heteroatoms. The van der Waals surface area contributed by atoms with Crippen LogP contribution in [0.3, 0.4) is 0 Å². The van der Waals surface area contributed by atoms with Gasteiger partial charge < -0.3 is 4.42 Å². The fourth-order valence-electron chi connectivity index (χ4n) is 6.53. The van der Waals surface area contributed by atoms with Gasteiger partial charge in [-0.05, 0) is 75.8 Å². The van der Waals surface area contributed by atoms with E-state index in [1.165, 1.54) is 0 Å². The van der Waals surface area contributed by atoms with Crippen molar-refractivity contribution in [3.05, 3.63) is 176 Å². The van der Waals surface area contributed by atoms with E-state index >= 15 is 0 Å². The van der Waals surface area contributed by atoms with Crippen LogP contribution in [0, 0.1) is 0 Å². The van der Waals surface area contributed by atoms with Crippen LogP contribution in [-0.4, -0.2) is 15.0 Å². The zero-order valence-electron chi connectivity index (χ0n) is 26.5. The number of hydrogen-bond acceptors (Lipinski definition) is 4. The van der Waals surface area contributed by atoms with E-state index in [2.05, 4.69) is 103 Å². The van der Waals surface area contributed by atoms with Gasteiger partial charge in [0.05, 0.1) is 0 Å². The summed E-state index contributed by atoms with van der Waals surface area (Å²) < 4.78 is 6.35. The summed E-state index contributed by atoms with van der Waals surface area (Å²) >= 11 is 0. The van der Waals surface area contributed by atoms with E-state index in [-0.39, 0.29) is 0 Å². The number of hydrogen-bond donors (Lipinski definition) is 0. The quantitative estimate of drug-likeness (QED) is 0.184. The molecule has 0 radical (unpaired) electrons. The fraction of sp³-hybridized carbons (Fsp3) is 0. The molecule has 9 rings (SSSR count). The molecule has 0 aliphatic rings. The van der Waals surface area contributed by atoms with Crippen LogP contribution in [0.1, 0.15) is 0 Å². The number of rotatable bonds is 6. The van der Waals surface area contributed by atoms with E-state index in [0.717, 1.165) is 72.0 Å². The Hall–Kier alpha value is -6.65. The van der Waals surface area contributed by atoms with Crippen molar-refractivity contribution in [3.63, 3.8) is 0 Å². The van der Waals surface area contributed by atoms with Gasteiger partial charge in [0, 0.05) is 27.5 Å². The summed E-state index contributed by atoms with van der Waals surface area (Å²) in [4.78, 5) is 15.3. The first-order valence-electron chi connectivity index (χ1n) is 16.4. The third kappa shape index (κ3) is 5.45. The van der Waals surface area contributed by atoms with E-state index < -0.39 is 0 Å². The Balaban J connectivity index is 1.26. The number of aromatic nitrogens is 3. The van der Waals surface area contributed by atoms with E-state index in [1.807, 2.05) is 72.8 Å². The van der Waals surface area contributed by atoms with Gasteiger partial charge in [0.2, 0.25) is 0 Å². The minimum Gasteiger partial charge on any atom is -0.456 e. The molecule has 0 amide bonds. The maximum Gasteiger partial charge on any atom is 0.164 e. The van der Waals surface area contributed by atoms with Crippen LogP contribution >= 0.6 is 0 Å². The van der Waals surface area contributed by atoms with Crippen LogP contribution < -0.4 is 0 Å². The third-order valence-corrected chi connectivity index (χ3v) is 8.91. The summed E-state index contributed by atoms with van der Waals surface area (Å²) in [6.45, 7) is 0. The molecule has 0 fully saturated rings. The molecule has 4 nitrogen and oxygen atoms in total. The first-order valence-corrected chi connectivity index (χ1v) is 16.4. The second-order valence-corrected chi connectivity index (χ2v) is 12.1. The maximum absolute atomic E-state index is 6.35. The minimum atomic E-state index is 0.601. The molecule has 0 atom stereocenters. The molecule has 49 heavy (non-hydrogen) atoms. The van der Waals surface area contributed by atoms with E-state index in [1.54, 1.807) is 0 Å². The molecule has 0 saturated heterocycles. The smallest absolute Gasteiger partial charge is 0.164 e. The van der Waals surface area contributed by atoms with Gasteiger partial charge in [-0.1, -0.05) is 133 Å². The summed E-state index contributed by atoms with van der Waals surface area (Å²) in [5.41, 5.74) is 11.1. The lowest BCUT2D eigenvalue weighted by Gasteiger charge is -2.12. The Kier molecular flexibility index (Phi) is 7.10. The lowest BCUT2D eigenvalue weighted by molar-refractivity contribution is 0.669. The molecule has 2 aromatic heterocycles. The van der Waals surface area contributed by atoms with Crippen molar-refractivity contribution in [2.75, 3.05) is 0 Å². The van der Waals surface area contributed by atoms with Crippen molar-refractivity contribution in [1.29, 1.82) is 0 Å². The molecule has 0 N–H and O–H groups in total. The molecule has 7 aromatic carbocycles. The Bertz CT molecular complexity index is 2520. The van der Waals surface area contributed by atoms with Gasteiger partial charge in [-0.25, -0.2) is 15.0 Å². The van der Waals surface area contributed by atoms with Crippen LogP contribution in [0.25, 0.3) is 89.5 Å². The summed E-state index contributed by atoms with van der Waals surface area (Å²) in [6, 6.07) is 60.4. The van der Waals surface area contributed by atoms with E-state index in [0.29, 0.717) is 17.5 Å². The van der Waals surface area contributed by atoms with Crippen LogP contribution in [0.5, 0.6) is 0 Å². The molecule has 0 spiro atoms. The van der Waals surface area contributed by atoms with Crippen molar-refractivity contribution in [3.8, 4) is 67.5 Å². The molecule has 0 aliphatic heterocycles. The van der Waals surface area contributed by atoms with Gasteiger partial charge in [-0.15, -0.1) is 0 Å². The molecule has 230 valence electrons. The normalized spacial score (nSPS) is 11.3. The highest BCUT2D eigenvalue weighted by atomic mass is 16.3. The molecule has 0 unspecified atom stereocenters. The van der Waals surface area contributed by atoms with Crippen LogP contribution in [0.15, 0.2) is 180 Å². The SMILES string of the molecule is c1ccc(-c2cc(-c3ccccc3)cc(-c3nc(-c4ccccc4)nc(-c4ccc5oc6cccc(-c7ccccc7)c6c5c4)n3)c2)cc1. The van der Waals surface area contributed by atoms with Crippen molar-refractivity contribution in [2.24, 2.45) is 0 Å². The Labute approximate surface area is 284 Å². The van der Waals surface area contributed by atoms with Gasteiger partial charge in [0.15, 0.2) is 17.5 Å². The zero-order chi connectivity index (χ0) is 32.6. The summed E-state index contributed by atoms with van der Waals surface area (Å²) in [6.07, 6.45) is 0. The van der Waals surface area contributed by atoms with E-state index in [4.69, 9.17) is 19.4 Å². The highest BCUT2D eigenvalue weighted by Crippen LogP contribution is 2.39. The number of nitrogens with zero attached hydrogens (tertiary/aromatic N) is 3. The van der Waals surface area contributed by atoms with Crippen LogP contribution in [-0.2, 0) is 0 Å². The molecule has 0 aliphatic carbocycles. The highest BCUT2D eigenvalue weighted by molar-refractivity contribution is 6.13. The predicted octanol–water partition coefficient (Wildman–Crippen LogP) is 11.8. The van der Waals surface area contributed by atoms with Crippen LogP contribution in [0.4, 0.5) is 0 Å². The standard InChI is InChI=1S/C45H29N3O/c1-5-14-30(15-6-1)35-26-36(31-16-7-2-8-17-31)28-37(27-35)45-47-43(33-20-11-4-12-21-33)46-44(48-45)34-24-25-40-39(29-34)42-38(22-13-23-41(42)49-40)32-18-9-3-10-19-32/h1-29H. The van der Waals surface area contributed by atoms with Gasteiger partial charge in [-0.2, -0.15) is 0 Å². The molecule has 0 bridgehead atoms. The predicted molar refractivity (Wildman–Crippen MR) is 200 cm³/mol. The highest BCUT2D eigenvalue weighted by Gasteiger charge is 2.17. The monoisotopic (exact) mass is 627 g/mol. The first kappa shape index (κ1) is 28.6. The third-order valence-electron chi connectivity index (χ3n) is 8.91. The average molecular weight is 628 g/mol. The fourth-order valence-corrected chi connectivity index (χ4v) is 6.53. The van der Waals surface area contributed by atoms with Gasteiger partial charge >= 0.3 is 0 Å². The van der Waals surface area contributed by atoms with Crippen molar-refractivity contribution in [1.82, 2.24) is 15.0 Å². The van der Waals surface area contributed by atoms with Crippen LogP contribution in [0.2, 0.25) is 0 Å². The topological polar surface area (TPSA) is 51.8 Å². The Morgan fingerprint density at radius 1 is 0.306 bits per heavy atom. The van der Waals surface area contributed by atoms with Crippen molar-refractivity contribution in [2.45, 2.75) is 0 Å². The largest absolute Gasteiger partial charge is 0.456 e. The summed E-state index contributed by atoms with van der Waals surface area (Å²) in [7, 11) is 0. The molecular formula is C45H29N3O. The first-order chi connectivity index (χ1) is 24.3. The number of fused-ring (bicyclic) bond motifs is 3. The molecular weight excluding hydrogens is 599 g/mol. The van der Waals surface area contributed by atoms with E-state index in [9.17, 15) is 0 Å². The Morgan fingerprint density at radius 3 is 1.39 bits per heavy atom. The van der Waals surface area contributed by atoms with Gasteiger partial charge in [-0.3, -0.25) is 0 Å². The average Bonchev–Trinajstić information content (AvgIpc) is 3.57. The molecule has 2 heterocycles. The lowest BCUT2D eigenvalue weighted by Crippen LogP contribution is -2.00. The zero-order valence-corrected chi connectivity index (χ0v) is 26.5. The maximum atomic E-state index is 6.35. The van der Waals surface area contributed by atoms with Crippen molar-refractivity contribution >= 4 is 21.9 Å².